The maximum absolute atomic E-state index is 12.3. The van der Waals surface area contributed by atoms with Crippen molar-refractivity contribution in [3.63, 3.8) is 0 Å². The number of H-pyrrole nitrogens is 1. The lowest BCUT2D eigenvalue weighted by atomic mass is 10.2. The van der Waals surface area contributed by atoms with E-state index in [1.165, 1.54) is 4.90 Å². The highest BCUT2D eigenvalue weighted by Crippen LogP contribution is 2.22. The molecule has 24 heavy (non-hydrogen) atoms. The molecular weight excluding hydrogens is 324 g/mol. The fraction of sp³-hybridized carbons (Fsp3) is 0.333. The number of hydrogen-bond acceptors (Lipinski definition) is 2. The molecule has 0 unspecified atom stereocenters. The van der Waals surface area contributed by atoms with Gasteiger partial charge >= 0.3 is 0 Å². The number of amides is 1. The average Bonchev–Trinajstić information content (AvgIpc) is 2.60. The molecule has 0 spiro atoms. The van der Waals surface area contributed by atoms with E-state index < -0.39 is 0 Å². The number of benzene rings is 1. The topological polar surface area (TPSA) is 50.9 Å². The van der Waals surface area contributed by atoms with Gasteiger partial charge in [0.2, 0.25) is 0 Å². The minimum atomic E-state index is 0.0371. The predicted octanol–water partition coefficient (Wildman–Crippen LogP) is 0.806. The third kappa shape index (κ3) is 4.04. The third-order valence-electron chi connectivity index (χ3n) is 4.46. The van der Waals surface area contributed by atoms with Gasteiger partial charge in [-0.25, -0.2) is 4.98 Å². The summed E-state index contributed by atoms with van der Waals surface area (Å²) in [4.78, 5) is 19.2. The van der Waals surface area contributed by atoms with Crippen molar-refractivity contribution in [3.05, 3.63) is 53.2 Å². The molecule has 1 aliphatic rings. The summed E-state index contributed by atoms with van der Waals surface area (Å²) >= 11 is 6.10. The summed E-state index contributed by atoms with van der Waals surface area (Å²) in [5, 5.41) is 3.65. The zero-order chi connectivity index (χ0) is 16.9. The number of nitrogens with zero attached hydrogens (tertiary/aromatic N) is 1. The van der Waals surface area contributed by atoms with Crippen molar-refractivity contribution in [2.24, 2.45) is 0 Å². The van der Waals surface area contributed by atoms with E-state index in [4.69, 9.17) is 11.6 Å². The van der Waals surface area contributed by atoms with Gasteiger partial charge in [-0.1, -0.05) is 23.7 Å². The van der Waals surface area contributed by atoms with Gasteiger partial charge in [0.05, 0.1) is 6.20 Å². The van der Waals surface area contributed by atoms with Gasteiger partial charge in [-0.15, -0.1) is 0 Å². The Balaban J connectivity index is 1.51. The van der Waals surface area contributed by atoms with Crippen LogP contribution in [0.5, 0.6) is 0 Å². The highest BCUT2D eigenvalue weighted by atomic mass is 35.5. The number of piperazine rings is 1. The van der Waals surface area contributed by atoms with Crippen LogP contribution in [0.1, 0.15) is 5.56 Å². The van der Waals surface area contributed by atoms with E-state index in [1.54, 1.807) is 0 Å². The minimum absolute atomic E-state index is 0.0371. The molecule has 1 aromatic carbocycles. The molecule has 1 saturated heterocycles. The lowest BCUT2D eigenvalue weighted by Crippen LogP contribution is -3.15. The van der Waals surface area contributed by atoms with Crippen molar-refractivity contribution < 1.29 is 14.7 Å². The monoisotopic (exact) mass is 346 g/mol. The second-order valence-electron chi connectivity index (χ2n) is 6.12. The standard InChI is InChI=1S/C18H21ClN4O/c1-14-15(19)5-4-6-16(14)21-18(24)13-22-9-11-23(12-10-22)17-7-2-3-8-20-17/h2-8H,9-13H2,1H3,(H,21,24)/p+2. The van der Waals surface area contributed by atoms with E-state index in [2.05, 4.69) is 21.3 Å². The maximum Gasteiger partial charge on any atom is 0.279 e. The molecule has 6 heteroatoms. The Morgan fingerprint density at radius 1 is 1.25 bits per heavy atom. The normalized spacial score (nSPS) is 15.3. The Labute approximate surface area is 147 Å². The number of halogens is 1. The molecule has 3 rings (SSSR count). The number of aromatic amines is 1. The quantitative estimate of drug-likeness (QED) is 0.860. The number of pyridine rings is 1. The predicted molar refractivity (Wildman–Crippen MR) is 95.6 cm³/mol. The number of hydrogen-bond donors (Lipinski definition) is 2. The van der Waals surface area contributed by atoms with E-state index in [-0.39, 0.29) is 5.91 Å². The number of rotatable bonds is 4. The van der Waals surface area contributed by atoms with Crippen molar-refractivity contribution in [1.29, 1.82) is 0 Å². The first-order valence-electron chi connectivity index (χ1n) is 8.23. The second kappa shape index (κ2) is 7.64. The third-order valence-corrected chi connectivity index (χ3v) is 4.87. The summed E-state index contributed by atoms with van der Waals surface area (Å²) in [5.41, 5.74) is 1.70. The van der Waals surface area contributed by atoms with Crippen LogP contribution in [0.15, 0.2) is 42.6 Å². The number of quaternary nitrogens is 1. The number of aromatic nitrogens is 1. The van der Waals surface area contributed by atoms with Crippen LogP contribution in [0.2, 0.25) is 5.02 Å². The molecule has 0 atom stereocenters. The molecule has 2 aromatic rings. The molecule has 126 valence electrons. The summed E-state index contributed by atoms with van der Waals surface area (Å²) in [7, 11) is 0. The zero-order valence-corrected chi connectivity index (χ0v) is 14.6. The number of nitrogens with one attached hydrogen (secondary N) is 3. The minimum Gasteiger partial charge on any atom is -0.321 e. The SMILES string of the molecule is Cc1c(Cl)cccc1NC(=O)C[NH+]1CCN(c2cccc[nH+]2)CC1. The Hall–Kier alpha value is -2.11. The molecule has 1 fully saturated rings. The lowest BCUT2D eigenvalue weighted by Gasteiger charge is -2.27. The van der Waals surface area contributed by atoms with Crippen molar-refractivity contribution in [1.82, 2.24) is 0 Å². The zero-order valence-electron chi connectivity index (χ0n) is 13.8. The molecule has 0 radical (unpaired) electrons. The van der Waals surface area contributed by atoms with Crippen molar-refractivity contribution in [2.75, 3.05) is 42.9 Å². The van der Waals surface area contributed by atoms with Gasteiger partial charge in [0.15, 0.2) is 6.54 Å². The molecule has 2 heterocycles. The molecule has 5 nitrogen and oxygen atoms in total. The average molecular weight is 347 g/mol. The van der Waals surface area contributed by atoms with Gasteiger partial charge in [-0.05, 0) is 30.7 Å². The van der Waals surface area contributed by atoms with Gasteiger partial charge in [-0.3, -0.25) is 9.69 Å². The Kier molecular flexibility index (Phi) is 5.33. The van der Waals surface area contributed by atoms with Crippen LogP contribution in [-0.4, -0.2) is 38.6 Å². The van der Waals surface area contributed by atoms with Crippen molar-refractivity contribution >= 4 is 29.0 Å². The lowest BCUT2D eigenvalue weighted by molar-refractivity contribution is -0.892. The van der Waals surface area contributed by atoms with Crippen LogP contribution in [0.3, 0.4) is 0 Å². The summed E-state index contributed by atoms with van der Waals surface area (Å²) in [6.07, 6.45) is 1.94. The van der Waals surface area contributed by atoms with Crippen molar-refractivity contribution in [2.45, 2.75) is 6.92 Å². The highest BCUT2D eigenvalue weighted by molar-refractivity contribution is 6.31. The van der Waals surface area contributed by atoms with Crippen LogP contribution < -0.4 is 20.1 Å². The summed E-state index contributed by atoms with van der Waals surface area (Å²) in [6.45, 7) is 6.19. The first kappa shape index (κ1) is 16.7. The van der Waals surface area contributed by atoms with Crippen LogP contribution in [0, 0.1) is 6.92 Å². The molecule has 1 aliphatic heterocycles. The molecule has 1 amide bonds. The molecule has 0 bridgehead atoms. The second-order valence-corrected chi connectivity index (χ2v) is 6.53. The van der Waals surface area contributed by atoms with Crippen LogP contribution in [-0.2, 0) is 4.79 Å². The summed E-state index contributed by atoms with van der Waals surface area (Å²) < 4.78 is 0. The van der Waals surface area contributed by atoms with Crippen LogP contribution >= 0.6 is 11.6 Å². The van der Waals surface area contributed by atoms with Gasteiger partial charge in [-0.2, -0.15) is 0 Å². The maximum atomic E-state index is 12.3. The Bertz CT molecular complexity index is 699. The smallest absolute Gasteiger partial charge is 0.279 e. The highest BCUT2D eigenvalue weighted by Gasteiger charge is 2.27. The van der Waals surface area contributed by atoms with Crippen molar-refractivity contribution in [3.8, 4) is 0 Å². The van der Waals surface area contributed by atoms with Gasteiger partial charge in [0.25, 0.3) is 11.7 Å². The first-order valence-corrected chi connectivity index (χ1v) is 8.61. The van der Waals surface area contributed by atoms with Gasteiger partial charge in [0.1, 0.15) is 26.2 Å². The van der Waals surface area contributed by atoms with Gasteiger partial charge in [0, 0.05) is 16.8 Å². The van der Waals surface area contributed by atoms with E-state index in [0.29, 0.717) is 11.6 Å². The van der Waals surface area contributed by atoms with Gasteiger partial charge < -0.3 is 10.2 Å². The van der Waals surface area contributed by atoms with E-state index >= 15 is 0 Å². The van der Waals surface area contributed by atoms with E-state index in [1.807, 2.05) is 43.5 Å². The first-order chi connectivity index (χ1) is 11.6. The van der Waals surface area contributed by atoms with Crippen LogP contribution in [0.4, 0.5) is 11.5 Å². The summed E-state index contributed by atoms with van der Waals surface area (Å²) in [5.74, 6) is 1.17. The Morgan fingerprint density at radius 2 is 2.04 bits per heavy atom. The molecular formula is C18H23ClN4O+2. The summed E-state index contributed by atoms with van der Waals surface area (Å²) in [6, 6.07) is 11.7. The Morgan fingerprint density at radius 3 is 2.75 bits per heavy atom. The molecule has 1 aromatic heterocycles. The van der Waals surface area contributed by atoms with E-state index in [9.17, 15) is 4.79 Å². The molecule has 0 aliphatic carbocycles. The largest absolute Gasteiger partial charge is 0.321 e. The van der Waals surface area contributed by atoms with Crippen LogP contribution in [0.25, 0.3) is 0 Å². The molecule has 3 N–H and O–H groups in total. The number of carbonyl (C=O) groups is 1. The number of anilines is 2. The fourth-order valence-electron chi connectivity index (χ4n) is 2.99. The molecule has 0 saturated carbocycles. The van der Waals surface area contributed by atoms with E-state index in [0.717, 1.165) is 43.2 Å². The number of carbonyl (C=O) groups excluding carboxylic acids is 1. The fourth-order valence-corrected chi connectivity index (χ4v) is 3.16.